The number of piperidine rings is 1. The van der Waals surface area contributed by atoms with Gasteiger partial charge in [-0.25, -0.2) is 4.39 Å². The molecule has 1 unspecified atom stereocenters. The molecule has 5 nitrogen and oxygen atoms in total. The van der Waals surface area contributed by atoms with Crippen LogP contribution in [0.1, 0.15) is 41.1 Å². The predicted molar refractivity (Wildman–Crippen MR) is 94.0 cm³/mol. The SMILES string of the molecule is O=C1CC(c2ccncc2)C2(CCN(C(=O)c3ccccc3F)CC2)N1. The Kier molecular flexibility index (Phi) is 4.18. The van der Waals surface area contributed by atoms with Crippen molar-refractivity contribution in [2.24, 2.45) is 0 Å². The van der Waals surface area contributed by atoms with Crippen LogP contribution in [0.3, 0.4) is 0 Å². The van der Waals surface area contributed by atoms with Crippen LogP contribution in [0.25, 0.3) is 0 Å². The van der Waals surface area contributed by atoms with E-state index in [-0.39, 0.29) is 28.8 Å². The van der Waals surface area contributed by atoms with E-state index in [0.29, 0.717) is 32.4 Å². The Morgan fingerprint density at radius 1 is 1.15 bits per heavy atom. The Bertz CT molecular complexity index is 832. The van der Waals surface area contributed by atoms with E-state index in [4.69, 9.17) is 0 Å². The van der Waals surface area contributed by atoms with E-state index in [2.05, 4.69) is 10.3 Å². The largest absolute Gasteiger partial charge is 0.350 e. The van der Waals surface area contributed by atoms with E-state index < -0.39 is 5.82 Å². The summed E-state index contributed by atoms with van der Waals surface area (Å²) in [4.78, 5) is 30.5. The van der Waals surface area contributed by atoms with E-state index in [1.54, 1.807) is 29.4 Å². The lowest BCUT2D eigenvalue weighted by Crippen LogP contribution is -2.54. The maximum Gasteiger partial charge on any atom is 0.256 e. The summed E-state index contributed by atoms with van der Waals surface area (Å²) in [5.74, 6) is -0.672. The van der Waals surface area contributed by atoms with Crippen molar-refractivity contribution < 1.29 is 14.0 Å². The Hall–Kier alpha value is -2.76. The van der Waals surface area contributed by atoms with Gasteiger partial charge in [0.25, 0.3) is 5.91 Å². The highest BCUT2D eigenvalue weighted by molar-refractivity contribution is 5.94. The average molecular weight is 353 g/mol. The molecule has 2 saturated heterocycles. The van der Waals surface area contributed by atoms with Gasteiger partial charge in [-0.2, -0.15) is 0 Å². The molecule has 26 heavy (non-hydrogen) atoms. The number of hydrogen-bond acceptors (Lipinski definition) is 3. The quantitative estimate of drug-likeness (QED) is 0.902. The predicted octanol–water partition coefficient (Wildman–Crippen LogP) is 2.50. The van der Waals surface area contributed by atoms with Crippen LogP contribution in [0, 0.1) is 5.82 Å². The minimum Gasteiger partial charge on any atom is -0.350 e. The zero-order valence-electron chi connectivity index (χ0n) is 14.3. The summed E-state index contributed by atoms with van der Waals surface area (Å²) >= 11 is 0. The molecular weight excluding hydrogens is 333 g/mol. The summed E-state index contributed by atoms with van der Waals surface area (Å²) in [6, 6.07) is 9.95. The molecule has 0 aliphatic carbocycles. The van der Waals surface area contributed by atoms with Crippen molar-refractivity contribution >= 4 is 11.8 Å². The summed E-state index contributed by atoms with van der Waals surface area (Å²) in [5, 5.41) is 3.16. The molecule has 0 bridgehead atoms. The van der Waals surface area contributed by atoms with Crippen molar-refractivity contribution in [3.8, 4) is 0 Å². The zero-order chi connectivity index (χ0) is 18.1. The summed E-state index contributed by atoms with van der Waals surface area (Å²) in [7, 11) is 0. The van der Waals surface area contributed by atoms with Gasteiger partial charge in [0.15, 0.2) is 0 Å². The number of benzene rings is 1. The number of nitrogens with zero attached hydrogens (tertiary/aromatic N) is 2. The number of likely N-dealkylation sites (tertiary alicyclic amines) is 1. The molecule has 6 heteroatoms. The van der Waals surface area contributed by atoms with Gasteiger partial charge in [0.2, 0.25) is 5.91 Å². The Morgan fingerprint density at radius 2 is 1.85 bits per heavy atom. The number of hydrogen-bond donors (Lipinski definition) is 1. The summed E-state index contributed by atoms with van der Waals surface area (Å²) < 4.78 is 13.9. The van der Waals surface area contributed by atoms with Crippen molar-refractivity contribution in [3.05, 3.63) is 65.7 Å². The number of halogens is 1. The van der Waals surface area contributed by atoms with Crippen LogP contribution in [0.15, 0.2) is 48.8 Å². The number of nitrogens with one attached hydrogen (secondary N) is 1. The highest BCUT2D eigenvalue weighted by atomic mass is 19.1. The van der Waals surface area contributed by atoms with Gasteiger partial charge < -0.3 is 10.2 Å². The first kappa shape index (κ1) is 16.7. The third-order valence-corrected chi connectivity index (χ3v) is 5.60. The molecule has 2 amide bonds. The van der Waals surface area contributed by atoms with E-state index >= 15 is 0 Å². The molecule has 1 aromatic heterocycles. The summed E-state index contributed by atoms with van der Waals surface area (Å²) in [6.45, 7) is 0.990. The molecule has 2 aromatic rings. The fourth-order valence-corrected chi connectivity index (χ4v) is 4.22. The first-order chi connectivity index (χ1) is 12.6. The van der Waals surface area contributed by atoms with E-state index in [1.165, 1.54) is 12.1 Å². The number of rotatable bonds is 2. The second-order valence-corrected chi connectivity index (χ2v) is 7.01. The first-order valence-corrected chi connectivity index (χ1v) is 8.84. The minimum atomic E-state index is -0.499. The molecule has 4 rings (SSSR count). The molecule has 1 atom stereocenters. The number of carbonyl (C=O) groups is 2. The fraction of sp³-hybridized carbons (Fsp3) is 0.350. The molecular formula is C20H20FN3O2. The van der Waals surface area contributed by atoms with E-state index in [1.807, 2.05) is 12.1 Å². The van der Waals surface area contributed by atoms with Crippen molar-refractivity contribution in [1.29, 1.82) is 0 Å². The monoisotopic (exact) mass is 353 g/mol. The van der Waals surface area contributed by atoms with Gasteiger partial charge in [0.05, 0.1) is 11.1 Å². The number of pyridine rings is 1. The third kappa shape index (κ3) is 2.85. The number of carbonyl (C=O) groups excluding carboxylic acids is 2. The first-order valence-electron chi connectivity index (χ1n) is 8.84. The van der Waals surface area contributed by atoms with Gasteiger partial charge >= 0.3 is 0 Å². The molecule has 2 aliphatic rings. The molecule has 3 heterocycles. The standard InChI is InChI=1S/C20H20FN3O2/c21-17-4-2-1-3-15(17)19(26)24-11-7-20(8-12-24)16(13-18(25)23-20)14-5-9-22-10-6-14/h1-6,9-10,16H,7-8,11-13H2,(H,23,25). The van der Waals surface area contributed by atoms with Crippen LogP contribution in [0.2, 0.25) is 0 Å². The number of amides is 2. The zero-order valence-corrected chi connectivity index (χ0v) is 14.3. The molecule has 0 radical (unpaired) electrons. The molecule has 0 saturated carbocycles. The van der Waals surface area contributed by atoms with Gasteiger partial charge in [0, 0.05) is 37.8 Å². The maximum absolute atomic E-state index is 13.9. The normalized spacial score (nSPS) is 21.7. The summed E-state index contributed by atoms with van der Waals surface area (Å²) in [5.41, 5.74) is 0.849. The van der Waals surface area contributed by atoms with Crippen LogP contribution in [-0.4, -0.2) is 40.3 Å². The molecule has 2 fully saturated rings. The van der Waals surface area contributed by atoms with Gasteiger partial charge in [0.1, 0.15) is 5.82 Å². The lowest BCUT2D eigenvalue weighted by Gasteiger charge is -2.43. The molecule has 1 aromatic carbocycles. The van der Waals surface area contributed by atoms with E-state index in [9.17, 15) is 14.0 Å². The van der Waals surface area contributed by atoms with Crippen molar-refractivity contribution in [2.45, 2.75) is 30.7 Å². The Balaban J connectivity index is 1.52. The van der Waals surface area contributed by atoms with Gasteiger partial charge in [-0.15, -0.1) is 0 Å². The smallest absolute Gasteiger partial charge is 0.256 e. The van der Waals surface area contributed by atoms with Crippen LogP contribution in [0.5, 0.6) is 0 Å². The van der Waals surface area contributed by atoms with Gasteiger partial charge in [-0.3, -0.25) is 14.6 Å². The average Bonchev–Trinajstić information content (AvgIpc) is 2.98. The maximum atomic E-state index is 13.9. The van der Waals surface area contributed by atoms with Crippen LogP contribution >= 0.6 is 0 Å². The second-order valence-electron chi connectivity index (χ2n) is 7.01. The topological polar surface area (TPSA) is 62.3 Å². The molecule has 1 spiro atoms. The van der Waals surface area contributed by atoms with Crippen molar-refractivity contribution in [2.75, 3.05) is 13.1 Å². The van der Waals surface area contributed by atoms with Crippen molar-refractivity contribution in [1.82, 2.24) is 15.2 Å². The van der Waals surface area contributed by atoms with Crippen LogP contribution in [-0.2, 0) is 4.79 Å². The Morgan fingerprint density at radius 3 is 2.54 bits per heavy atom. The lowest BCUT2D eigenvalue weighted by molar-refractivity contribution is -0.120. The fourth-order valence-electron chi connectivity index (χ4n) is 4.22. The lowest BCUT2D eigenvalue weighted by atomic mass is 9.74. The van der Waals surface area contributed by atoms with Crippen LogP contribution < -0.4 is 5.32 Å². The summed E-state index contributed by atoms with van der Waals surface area (Å²) in [6.07, 6.45) is 5.24. The minimum absolute atomic E-state index is 0.0423. The van der Waals surface area contributed by atoms with Gasteiger partial charge in [-0.1, -0.05) is 12.1 Å². The Labute approximate surface area is 151 Å². The van der Waals surface area contributed by atoms with E-state index in [0.717, 1.165) is 5.56 Å². The molecule has 134 valence electrons. The second kappa shape index (κ2) is 6.52. The highest BCUT2D eigenvalue weighted by Gasteiger charge is 2.49. The van der Waals surface area contributed by atoms with Crippen molar-refractivity contribution in [3.63, 3.8) is 0 Å². The number of aromatic nitrogens is 1. The molecule has 1 N–H and O–H groups in total. The third-order valence-electron chi connectivity index (χ3n) is 5.60. The van der Waals surface area contributed by atoms with Crippen LogP contribution in [0.4, 0.5) is 4.39 Å². The highest BCUT2D eigenvalue weighted by Crippen LogP contribution is 2.43. The van der Waals surface area contributed by atoms with Gasteiger partial charge in [-0.05, 0) is 42.7 Å². The molecule has 2 aliphatic heterocycles.